The molecule has 0 saturated carbocycles. The predicted molar refractivity (Wildman–Crippen MR) is 162 cm³/mol. The van der Waals surface area contributed by atoms with E-state index in [0.717, 1.165) is 25.1 Å². The Morgan fingerprint density at radius 3 is 2.45 bits per heavy atom. The molecule has 0 radical (unpaired) electrons. The van der Waals surface area contributed by atoms with E-state index in [-0.39, 0.29) is 0 Å². The topological polar surface area (TPSA) is 12.5 Å². The van der Waals surface area contributed by atoms with E-state index >= 15 is 0 Å². The molecule has 5 rings (SSSR count). The summed E-state index contributed by atoms with van der Waals surface area (Å²) in [6, 6.07) is 19.9. The average Bonchev–Trinajstić information content (AvgIpc) is 2.94. The number of hydrogen-bond donors (Lipinski definition) is 0. The van der Waals surface area contributed by atoms with Crippen molar-refractivity contribution in [1.29, 1.82) is 0 Å². The van der Waals surface area contributed by atoms with Gasteiger partial charge in [0, 0.05) is 12.1 Å². The Labute approximate surface area is 229 Å². The van der Waals surface area contributed by atoms with E-state index in [1.54, 1.807) is 0 Å². The van der Waals surface area contributed by atoms with Crippen LogP contribution in [0.3, 0.4) is 0 Å². The number of rotatable bonds is 8. The lowest BCUT2D eigenvalue weighted by Crippen LogP contribution is -2.29. The molecule has 2 nitrogen and oxygen atoms in total. The maximum atomic E-state index is 6.51. The fourth-order valence-electron chi connectivity index (χ4n) is 5.66. The Kier molecular flexibility index (Phi) is 8.61. The minimum Gasteiger partial charge on any atom is -0.489 e. The second kappa shape index (κ2) is 12.5. The number of piperidine rings is 1. The standard InChI is InChI=1S/C36H41NO/c1-27-12-10-13-30(22-27)26-38-36-24-33(28(2)23-34(36)25-37-20-8-5-9-21-37)19-18-31-16-11-17-35(29(31)3)32-14-6-4-7-15-32/h6,10-19,22-24H,4-5,7-9,20-21,25-26H2,1-3H3/b19-18+. The van der Waals surface area contributed by atoms with Gasteiger partial charge >= 0.3 is 0 Å². The van der Waals surface area contributed by atoms with Gasteiger partial charge in [0.1, 0.15) is 12.4 Å². The normalized spacial score (nSPS) is 16.1. The summed E-state index contributed by atoms with van der Waals surface area (Å²) in [5, 5.41) is 0. The Balaban J connectivity index is 1.42. The number of hydrogen-bond acceptors (Lipinski definition) is 2. The first-order valence-corrected chi connectivity index (χ1v) is 14.3. The highest BCUT2D eigenvalue weighted by Gasteiger charge is 2.15. The monoisotopic (exact) mass is 503 g/mol. The summed E-state index contributed by atoms with van der Waals surface area (Å²) < 4.78 is 6.51. The van der Waals surface area contributed by atoms with Crippen LogP contribution in [-0.4, -0.2) is 18.0 Å². The van der Waals surface area contributed by atoms with Crippen LogP contribution in [0, 0.1) is 20.8 Å². The molecular weight excluding hydrogens is 462 g/mol. The summed E-state index contributed by atoms with van der Waals surface area (Å²) in [7, 11) is 0. The molecule has 0 atom stereocenters. The van der Waals surface area contributed by atoms with Crippen molar-refractivity contribution >= 4 is 17.7 Å². The van der Waals surface area contributed by atoms with Crippen LogP contribution in [0.4, 0.5) is 0 Å². The molecule has 1 aliphatic carbocycles. The largest absolute Gasteiger partial charge is 0.489 e. The van der Waals surface area contributed by atoms with Crippen molar-refractivity contribution in [3.05, 3.63) is 117 Å². The van der Waals surface area contributed by atoms with Crippen molar-refractivity contribution in [3.63, 3.8) is 0 Å². The van der Waals surface area contributed by atoms with Crippen LogP contribution in [0.1, 0.15) is 76.6 Å². The molecule has 3 aromatic carbocycles. The number of allylic oxidation sites excluding steroid dienone is 4. The molecule has 1 heterocycles. The average molecular weight is 504 g/mol. The molecule has 0 amide bonds. The molecule has 0 N–H and O–H groups in total. The number of ether oxygens (including phenoxy) is 1. The van der Waals surface area contributed by atoms with Crippen molar-refractivity contribution in [3.8, 4) is 5.75 Å². The van der Waals surface area contributed by atoms with Gasteiger partial charge in [-0.2, -0.15) is 0 Å². The Morgan fingerprint density at radius 2 is 1.66 bits per heavy atom. The third-order valence-electron chi connectivity index (χ3n) is 7.89. The molecular formula is C36H41NO. The minimum absolute atomic E-state index is 0.588. The van der Waals surface area contributed by atoms with Crippen LogP contribution in [0.25, 0.3) is 17.7 Å². The fourth-order valence-corrected chi connectivity index (χ4v) is 5.66. The van der Waals surface area contributed by atoms with E-state index < -0.39 is 0 Å². The Bertz CT molecular complexity index is 1350. The van der Waals surface area contributed by atoms with Crippen molar-refractivity contribution in [1.82, 2.24) is 4.90 Å². The second-order valence-corrected chi connectivity index (χ2v) is 10.9. The Morgan fingerprint density at radius 1 is 0.842 bits per heavy atom. The lowest BCUT2D eigenvalue weighted by molar-refractivity contribution is 0.215. The first-order valence-electron chi connectivity index (χ1n) is 14.3. The molecule has 0 aromatic heterocycles. The number of likely N-dealkylation sites (tertiary alicyclic amines) is 1. The van der Waals surface area contributed by atoms with Crippen molar-refractivity contribution in [2.75, 3.05) is 13.1 Å². The third-order valence-corrected chi connectivity index (χ3v) is 7.89. The van der Waals surface area contributed by atoms with Crippen molar-refractivity contribution in [2.45, 2.75) is 66.0 Å². The smallest absolute Gasteiger partial charge is 0.124 e. The van der Waals surface area contributed by atoms with E-state index in [1.807, 2.05) is 0 Å². The van der Waals surface area contributed by atoms with Gasteiger partial charge in [0.2, 0.25) is 0 Å². The summed E-state index contributed by atoms with van der Waals surface area (Å²) in [6.07, 6.45) is 17.6. The molecule has 0 spiro atoms. The summed E-state index contributed by atoms with van der Waals surface area (Å²) in [5.41, 5.74) is 11.6. The van der Waals surface area contributed by atoms with E-state index in [0.29, 0.717) is 6.61 Å². The van der Waals surface area contributed by atoms with Crippen LogP contribution in [0.5, 0.6) is 5.75 Å². The lowest BCUT2D eigenvalue weighted by atomic mass is 9.92. The second-order valence-electron chi connectivity index (χ2n) is 10.9. The van der Waals surface area contributed by atoms with Gasteiger partial charge in [0.15, 0.2) is 0 Å². The number of aryl methyl sites for hydroxylation is 2. The van der Waals surface area contributed by atoms with Gasteiger partial charge in [0.05, 0.1) is 0 Å². The van der Waals surface area contributed by atoms with Crippen LogP contribution in [-0.2, 0) is 13.2 Å². The zero-order chi connectivity index (χ0) is 26.3. The molecule has 2 aliphatic rings. The Hall–Kier alpha value is -3.36. The van der Waals surface area contributed by atoms with Crippen LogP contribution in [0.15, 0.2) is 72.8 Å². The van der Waals surface area contributed by atoms with Gasteiger partial charge in [-0.25, -0.2) is 0 Å². The first kappa shape index (κ1) is 26.3. The molecule has 0 bridgehead atoms. The summed E-state index contributed by atoms with van der Waals surface area (Å²) in [4.78, 5) is 2.58. The summed E-state index contributed by atoms with van der Waals surface area (Å²) >= 11 is 0. The number of benzene rings is 3. The lowest BCUT2D eigenvalue weighted by Gasteiger charge is -2.27. The van der Waals surface area contributed by atoms with Crippen molar-refractivity contribution < 1.29 is 4.74 Å². The van der Waals surface area contributed by atoms with Crippen LogP contribution < -0.4 is 4.74 Å². The van der Waals surface area contributed by atoms with Crippen molar-refractivity contribution in [2.24, 2.45) is 0 Å². The highest BCUT2D eigenvalue weighted by atomic mass is 16.5. The van der Waals surface area contributed by atoms with Gasteiger partial charge in [-0.05, 0) is 105 Å². The zero-order valence-electron chi connectivity index (χ0n) is 23.3. The fraction of sp³-hybridized carbons (Fsp3) is 0.333. The molecule has 38 heavy (non-hydrogen) atoms. The van der Waals surface area contributed by atoms with Gasteiger partial charge in [-0.1, -0.05) is 90.9 Å². The van der Waals surface area contributed by atoms with Gasteiger partial charge in [-0.15, -0.1) is 0 Å². The zero-order valence-corrected chi connectivity index (χ0v) is 23.3. The highest BCUT2D eigenvalue weighted by Crippen LogP contribution is 2.30. The molecule has 0 unspecified atom stereocenters. The molecule has 3 aromatic rings. The predicted octanol–water partition coefficient (Wildman–Crippen LogP) is 9.08. The maximum absolute atomic E-state index is 6.51. The molecule has 1 saturated heterocycles. The molecule has 196 valence electrons. The quantitative estimate of drug-likeness (QED) is 0.284. The van der Waals surface area contributed by atoms with E-state index in [2.05, 4.69) is 111 Å². The first-order chi connectivity index (χ1) is 18.6. The summed E-state index contributed by atoms with van der Waals surface area (Å²) in [6.45, 7) is 10.5. The third kappa shape index (κ3) is 6.55. The van der Waals surface area contributed by atoms with E-state index in [4.69, 9.17) is 4.74 Å². The minimum atomic E-state index is 0.588. The van der Waals surface area contributed by atoms with Gasteiger partial charge < -0.3 is 4.74 Å². The molecule has 2 heteroatoms. The molecule has 1 fully saturated rings. The van der Waals surface area contributed by atoms with Gasteiger partial charge in [0.25, 0.3) is 0 Å². The molecule has 1 aliphatic heterocycles. The van der Waals surface area contributed by atoms with E-state index in [9.17, 15) is 0 Å². The van der Waals surface area contributed by atoms with E-state index in [1.165, 1.54) is 82.4 Å². The number of nitrogens with zero attached hydrogens (tertiary/aromatic N) is 1. The van der Waals surface area contributed by atoms with Crippen LogP contribution in [0.2, 0.25) is 0 Å². The maximum Gasteiger partial charge on any atom is 0.124 e. The highest BCUT2D eigenvalue weighted by molar-refractivity contribution is 5.81. The SMILES string of the molecule is Cc1cccc(COc2cc(/C=C/c3cccc(C4=CCCC=C4)c3C)c(C)cc2CN2CCCCC2)c1. The summed E-state index contributed by atoms with van der Waals surface area (Å²) in [5.74, 6) is 1.00. The van der Waals surface area contributed by atoms with Gasteiger partial charge in [-0.3, -0.25) is 4.90 Å². The van der Waals surface area contributed by atoms with Crippen LogP contribution >= 0.6 is 0 Å².